The summed E-state index contributed by atoms with van der Waals surface area (Å²) in [5.41, 5.74) is 0. The van der Waals surface area contributed by atoms with E-state index in [0.29, 0.717) is 30.4 Å². The maximum absolute atomic E-state index is 12.1. The summed E-state index contributed by atoms with van der Waals surface area (Å²) in [4.78, 5) is 24.7. The number of likely N-dealkylation sites (tertiary alicyclic amines) is 1. The van der Waals surface area contributed by atoms with Crippen LogP contribution in [0.4, 0.5) is 9.93 Å². The van der Waals surface area contributed by atoms with E-state index in [4.69, 9.17) is 5.11 Å². The molecule has 1 aliphatic heterocycles. The molecule has 0 aromatic carbocycles. The molecule has 2 amide bonds. The molecule has 1 saturated heterocycles. The van der Waals surface area contributed by atoms with Gasteiger partial charge in [-0.1, -0.05) is 25.2 Å². The molecule has 0 radical (unpaired) electrons. The van der Waals surface area contributed by atoms with Crippen LogP contribution < -0.4 is 5.32 Å². The van der Waals surface area contributed by atoms with Crippen LogP contribution >= 0.6 is 11.3 Å². The van der Waals surface area contributed by atoms with Crippen LogP contribution in [-0.4, -0.2) is 45.3 Å². The Morgan fingerprint density at radius 1 is 1.48 bits per heavy atom. The first kappa shape index (κ1) is 15.7. The number of hydrogen-bond acceptors (Lipinski definition) is 5. The summed E-state index contributed by atoms with van der Waals surface area (Å²) in [7, 11) is 0. The molecule has 2 heterocycles. The van der Waals surface area contributed by atoms with Crippen LogP contribution in [0.15, 0.2) is 0 Å². The van der Waals surface area contributed by atoms with Crippen molar-refractivity contribution >= 4 is 28.5 Å². The first-order valence-corrected chi connectivity index (χ1v) is 7.88. The van der Waals surface area contributed by atoms with Crippen LogP contribution in [0.2, 0.25) is 0 Å². The number of carboxylic acids is 1. The van der Waals surface area contributed by atoms with Crippen molar-refractivity contribution in [3.8, 4) is 0 Å². The number of nitrogens with zero attached hydrogens (tertiary/aromatic N) is 3. The van der Waals surface area contributed by atoms with Gasteiger partial charge < -0.3 is 10.0 Å². The number of aromatic nitrogens is 2. The van der Waals surface area contributed by atoms with E-state index in [1.165, 1.54) is 16.2 Å². The van der Waals surface area contributed by atoms with E-state index < -0.39 is 11.9 Å². The van der Waals surface area contributed by atoms with Gasteiger partial charge in [-0.15, -0.1) is 10.2 Å². The zero-order chi connectivity index (χ0) is 15.4. The smallest absolute Gasteiger partial charge is 0.323 e. The van der Waals surface area contributed by atoms with Crippen molar-refractivity contribution in [1.29, 1.82) is 0 Å². The van der Waals surface area contributed by atoms with Crippen LogP contribution in [0, 0.1) is 11.8 Å². The Balaban J connectivity index is 1.91. The van der Waals surface area contributed by atoms with Crippen molar-refractivity contribution < 1.29 is 14.7 Å². The Morgan fingerprint density at radius 2 is 2.24 bits per heavy atom. The molecule has 1 atom stereocenters. The SMILES string of the molecule is CC(C)Cc1nnc(NC(=O)N2CCCC(C(=O)O)C2)s1. The van der Waals surface area contributed by atoms with Crippen LogP contribution in [0.25, 0.3) is 0 Å². The number of anilines is 1. The highest BCUT2D eigenvalue weighted by Gasteiger charge is 2.28. The van der Waals surface area contributed by atoms with E-state index in [1.54, 1.807) is 0 Å². The second-order valence-electron chi connectivity index (χ2n) is 5.65. The molecule has 1 unspecified atom stereocenters. The number of aliphatic carboxylic acids is 1. The molecule has 0 bridgehead atoms. The predicted molar refractivity (Wildman–Crippen MR) is 79.4 cm³/mol. The molecule has 0 saturated carbocycles. The highest BCUT2D eigenvalue weighted by atomic mass is 32.1. The number of amides is 2. The van der Waals surface area contributed by atoms with Gasteiger partial charge in [-0.3, -0.25) is 10.1 Å². The number of piperidine rings is 1. The Morgan fingerprint density at radius 3 is 2.90 bits per heavy atom. The van der Waals surface area contributed by atoms with Gasteiger partial charge in [0.05, 0.1) is 5.92 Å². The normalized spacial score (nSPS) is 18.8. The number of urea groups is 1. The van der Waals surface area contributed by atoms with Crippen molar-refractivity contribution in [3.05, 3.63) is 5.01 Å². The van der Waals surface area contributed by atoms with Gasteiger partial charge >= 0.3 is 12.0 Å². The Kier molecular flexibility index (Phi) is 5.11. The number of hydrogen-bond donors (Lipinski definition) is 2. The minimum absolute atomic E-state index is 0.249. The Hall–Kier alpha value is -1.70. The van der Waals surface area contributed by atoms with Gasteiger partial charge in [-0.05, 0) is 18.8 Å². The number of rotatable bonds is 4. The van der Waals surface area contributed by atoms with Gasteiger partial charge in [-0.2, -0.15) is 0 Å². The molecule has 2 rings (SSSR count). The Labute approximate surface area is 127 Å². The van der Waals surface area contributed by atoms with E-state index in [9.17, 15) is 9.59 Å². The van der Waals surface area contributed by atoms with Crippen molar-refractivity contribution in [1.82, 2.24) is 15.1 Å². The highest BCUT2D eigenvalue weighted by molar-refractivity contribution is 7.15. The molecule has 7 nitrogen and oxygen atoms in total. The van der Waals surface area contributed by atoms with E-state index in [1.807, 2.05) is 0 Å². The molecular formula is C13H20N4O3S. The average molecular weight is 312 g/mol. The monoisotopic (exact) mass is 312 g/mol. The molecule has 2 N–H and O–H groups in total. The third kappa shape index (κ3) is 4.38. The summed E-state index contributed by atoms with van der Waals surface area (Å²) in [5, 5.41) is 21.1. The van der Waals surface area contributed by atoms with Gasteiger partial charge in [-0.25, -0.2) is 4.79 Å². The molecule has 1 aliphatic rings. The van der Waals surface area contributed by atoms with Gasteiger partial charge in [0.25, 0.3) is 0 Å². The summed E-state index contributed by atoms with van der Waals surface area (Å²) >= 11 is 1.36. The number of carbonyl (C=O) groups is 2. The van der Waals surface area contributed by atoms with E-state index in [2.05, 4.69) is 29.4 Å². The van der Waals surface area contributed by atoms with Crippen LogP contribution in [-0.2, 0) is 11.2 Å². The molecule has 1 aromatic heterocycles. The summed E-state index contributed by atoms with van der Waals surface area (Å²) < 4.78 is 0. The number of carbonyl (C=O) groups excluding carboxylic acids is 1. The van der Waals surface area contributed by atoms with Gasteiger partial charge in [0.2, 0.25) is 5.13 Å². The third-order valence-electron chi connectivity index (χ3n) is 3.32. The largest absolute Gasteiger partial charge is 0.481 e. The topological polar surface area (TPSA) is 95.4 Å². The van der Waals surface area contributed by atoms with Gasteiger partial charge in [0.15, 0.2) is 0 Å². The summed E-state index contributed by atoms with van der Waals surface area (Å²) in [5.74, 6) is -0.835. The predicted octanol–water partition coefficient (Wildman–Crippen LogP) is 2.07. The standard InChI is InChI=1S/C13H20N4O3S/c1-8(2)6-10-15-16-12(21-10)14-13(20)17-5-3-4-9(7-17)11(18)19/h8-9H,3-7H2,1-2H3,(H,18,19)(H,14,16,20). The van der Waals surface area contributed by atoms with Crippen molar-refractivity contribution in [3.63, 3.8) is 0 Å². The summed E-state index contributed by atoms with van der Waals surface area (Å²) in [6.45, 7) is 5.02. The van der Waals surface area contributed by atoms with Crippen LogP contribution in [0.5, 0.6) is 0 Å². The maximum atomic E-state index is 12.1. The number of carboxylic acid groups (broad SMARTS) is 1. The fourth-order valence-corrected chi connectivity index (χ4v) is 3.21. The third-order valence-corrected chi connectivity index (χ3v) is 4.18. The van der Waals surface area contributed by atoms with Gasteiger partial charge in [0.1, 0.15) is 5.01 Å². The molecule has 8 heteroatoms. The Bertz CT molecular complexity index is 517. The molecule has 0 spiro atoms. The minimum atomic E-state index is -0.845. The maximum Gasteiger partial charge on any atom is 0.323 e. The van der Waals surface area contributed by atoms with Crippen molar-refractivity contribution in [2.45, 2.75) is 33.1 Å². The van der Waals surface area contributed by atoms with E-state index in [0.717, 1.165) is 11.4 Å². The lowest BCUT2D eigenvalue weighted by atomic mass is 9.99. The van der Waals surface area contributed by atoms with Crippen LogP contribution in [0.1, 0.15) is 31.7 Å². The second-order valence-corrected chi connectivity index (χ2v) is 6.71. The first-order chi connectivity index (χ1) is 9.95. The molecule has 1 fully saturated rings. The average Bonchev–Trinajstić information content (AvgIpc) is 2.85. The lowest BCUT2D eigenvalue weighted by Gasteiger charge is -2.30. The fourth-order valence-electron chi connectivity index (χ4n) is 2.27. The second kappa shape index (κ2) is 6.84. The zero-order valence-electron chi connectivity index (χ0n) is 12.2. The molecular weight excluding hydrogens is 292 g/mol. The van der Waals surface area contributed by atoms with Crippen molar-refractivity contribution in [2.75, 3.05) is 18.4 Å². The van der Waals surface area contributed by atoms with Crippen molar-refractivity contribution in [2.24, 2.45) is 11.8 Å². The first-order valence-electron chi connectivity index (χ1n) is 7.07. The van der Waals surface area contributed by atoms with E-state index >= 15 is 0 Å². The molecule has 116 valence electrons. The molecule has 1 aromatic rings. The lowest BCUT2D eigenvalue weighted by molar-refractivity contribution is -0.143. The zero-order valence-corrected chi connectivity index (χ0v) is 13.0. The van der Waals surface area contributed by atoms with Gasteiger partial charge in [0, 0.05) is 19.5 Å². The quantitative estimate of drug-likeness (QED) is 0.887. The summed E-state index contributed by atoms with van der Waals surface area (Å²) in [6, 6.07) is -0.298. The molecule has 0 aliphatic carbocycles. The summed E-state index contributed by atoms with van der Waals surface area (Å²) in [6.07, 6.45) is 2.16. The number of nitrogens with one attached hydrogen (secondary N) is 1. The minimum Gasteiger partial charge on any atom is -0.481 e. The molecule has 21 heavy (non-hydrogen) atoms. The highest BCUT2D eigenvalue weighted by Crippen LogP contribution is 2.21. The lowest BCUT2D eigenvalue weighted by Crippen LogP contribution is -2.44. The van der Waals surface area contributed by atoms with Crippen LogP contribution in [0.3, 0.4) is 0 Å². The van der Waals surface area contributed by atoms with E-state index in [-0.39, 0.29) is 12.6 Å². The fraction of sp³-hybridized carbons (Fsp3) is 0.692.